The monoisotopic (exact) mass is 429 g/mol. The highest BCUT2D eigenvalue weighted by Crippen LogP contribution is 2.42. The first kappa shape index (κ1) is 20.0. The number of benzene rings is 3. The quantitative estimate of drug-likeness (QED) is 0.422. The Kier molecular flexibility index (Phi) is 4.78. The van der Waals surface area contributed by atoms with E-state index in [2.05, 4.69) is 5.32 Å². The molecule has 5 nitrogen and oxygen atoms in total. The van der Waals surface area contributed by atoms with Crippen molar-refractivity contribution in [3.05, 3.63) is 94.4 Å². The average molecular weight is 429 g/mol. The summed E-state index contributed by atoms with van der Waals surface area (Å²) in [5.74, 6) is -0.114. The summed E-state index contributed by atoms with van der Waals surface area (Å²) in [7, 11) is 0. The number of nitrogens with one attached hydrogen (secondary N) is 1. The summed E-state index contributed by atoms with van der Waals surface area (Å²) in [6, 6.07) is 20.4. The van der Waals surface area contributed by atoms with E-state index in [-0.39, 0.29) is 11.0 Å². The summed E-state index contributed by atoms with van der Waals surface area (Å²) in [6.07, 6.45) is 1.36. The number of hydrogen-bond acceptors (Lipinski definition) is 3. The lowest BCUT2D eigenvalue weighted by molar-refractivity contribution is 0.144. The Balaban J connectivity index is 1.68. The van der Waals surface area contributed by atoms with E-state index in [1.807, 2.05) is 54.6 Å². The van der Waals surface area contributed by atoms with Gasteiger partial charge in [-0.25, -0.2) is 9.18 Å². The molecule has 0 radical (unpaired) electrons. The summed E-state index contributed by atoms with van der Waals surface area (Å²) in [5, 5.41) is 12.2. The molecule has 0 saturated heterocycles. The van der Waals surface area contributed by atoms with Crippen LogP contribution in [0.3, 0.4) is 0 Å². The van der Waals surface area contributed by atoms with Gasteiger partial charge in [-0.2, -0.15) is 0 Å². The normalized spacial score (nSPS) is 14.7. The van der Waals surface area contributed by atoms with E-state index in [0.29, 0.717) is 27.8 Å². The van der Waals surface area contributed by atoms with Crippen LogP contribution in [0.1, 0.15) is 24.8 Å². The average Bonchev–Trinajstić information content (AvgIpc) is 2.77. The molecule has 2 N–H and O–H groups in total. The van der Waals surface area contributed by atoms with Gasteiger partial charge in [0.25, 0.3) is 0 Å². The molecule has 1 aliphatic carbocycles. The predicted octanol–water partition coefficient (Wildman–Crippen LogP) is 5.91. The molecule has 6 heteroatoms. The van der Waals surface area contributed by atoms with Gasteiger partial charge in [-0.15, -0.1) is 0 Å². The van der Waals surface area contributed by atoms with Crippen LogP contribution in [0.5, 0.6) is 0 Å². The number of carbonyl (C=O) groups is 1. The van der Waals surface area contributed by atoms with Crippen molar-refractivity contribution in [2.75, 3.05) is 0 Å². The van der Waals surface area contributed by atoms with E-state index < -0.39 is 17.4 Å². The van der Waals surface area contributed by atoms with Gasteiger partial charge in [0.15, 0.2) is 0 Å². The molecule has 0 aliphatic heterocycles. The van der Waals surface area contributed by atoms with Gasteiger partial charge in [0.1, 0.15) is 17.2 Å². The van der Waals surface area contributed by atoms with Crippen LogP contribution in [-0.4, -0.2) is 11.2 Å². The zero-order chi connectivity index (χ0) is 22.3. The van der Waals surface area contributed by atoms with Crippen molar-refractivity contribution < 1.29 is 18.7 Å². The molecule has 1 aliphatic rings. The second-order valence-corrected chi connectivity index (χ2v) is 8.08. The Labute approximate surface area is 183 Å². The maximum Gasteiger partial charge on any atom is 0.405 e. The molecule has 32 heavy (non-hydrogen) atoms. The number of carboxylic acid groups (broad SMARTS) is 1. The first-order valence-corrected chi connectivity index (χ1v) is 10.4. The van der Waals surface area contributed by atoms with Crippen molar-refractivity contribution >= 4 is 17.1 Å². The Hall–Kier alpha value is -3.93. The molecule has 1 fully saturated rings. The fourth-order valence-corrected chi connectivity index (χ4v) is 4.40. The lowest BCUT2D eigenvalue weighted by Gasteiger charge is -2.42. The third kappa shape index (κ3) is 3.34. The zero-order valence-corrected chi connectivity index (χ0v) is 17.1. The standard InChI is InChI=1S/C26H20FNO4/c27-19-11-12-20-21(15-19)32-24(17-5-2-1-3-6-17)22(23(20)29)16-7-9-18(10-8-16)26(13-4-14-26)28-25(30)31/h1-3,5-12,15,28H,4,13-14H2,(H,30,31). The van der Waals surface area contributed by atoms with Gasteiger partial charge in [-0.05, 0) is 42.5 Å². The highest BCUT2D eigenvalue weighted by Gasteiger charge is 2.40. The predicted molar refractivity (Wildman–Crippen MR) is 120 cm³/mol. The Morgan fingerprint density at radius 1 is 0.969 bits per heavy atom. The molecular formula is C26H20FNO4. The van der Waals surface area contributed by atoms with Crippen molar-refractivity contribution in [1.29, 1.82) is 0 Å². The van der Waals surface area contributed by atoms with E-state index in [4.69, 9.17) is 4.42 Å². The van der Waals surface area contributed by atoms with Gasteiger partial charge in [-0.3, -0.25) is 4.79 Å². The lowest BCUT2D eigenvalue weighted by atomic mass is 9.71. The van der Waals surface area contributed by atoms with Crippen LogP contribution in [0.2, 0.25) is 0 Å². The van der Waals surface area contributed by atoms with E-state index in [1.165, 1.54) is 18.2 Å². The second kappa shape index (κ2) is 7.64. The molecule has 1 aromatic heterocycles. The summed E-state index contributed by atoms with van der Waals surface area (Å²) < 4.78 is 19.8. The molecule has 0 unspecified atom stereocenters. The van der Waals surface area contributed by atoms with Crippen LogP contribution < -0.4 is 10.7 Å². The van der Waals surface area contributed by atoms with Gasteiger partial charge >= 0.3 is 6.09 Å². The molecule has 1 saturated carbocycles. The van der Waals surface area contributed by atoms with E-state index in [1.54, 1.807) is 0 Å². The smallest absolute Gasteiger partial charge is 0.405 e. The van der Waals surface area contributed by atoms with Crippen molar-refractivity contribution in [3.8, 4) is 22.5 Å². The number of hydrogen-bond donors (Lipinski definition) is 2. The minimum absolute atomic E-state index is 0.188. The molecule has 0 atom stereocenters. The summed E-state index contributed by atoms with van der Waals surface area (Å²) in [6.45, 7) is 0. The summed E-state index contributed by atoms with van der Waals surface area (Å²) in [4.78, 5) is 24.7. The molecule has 160 valence electrons. The molecule has 0 spiro atoms. The summed E-state index contributed by atoms with van der Waals surface area (Å²) >= 11 is 0. The molecule has 1 heterocycles. The maximum absolute atomic E-state index is 13.8. The topological polar surface area (TPSA) is 79.5 Å². The van der Waals surface area contributed by atoms with Crippen molar-refractivity contribution in [3.63, 3.8) is 0 Å². The van der Waals surface area contributed by atoms with E-state index in [0.717, 1.165) is 24.8 Å². The molecule has 5 rings (SSSR count). The number of fused-ring (bicyclic) bond motifs is 1. The fourth-order valence-electron chi connectivity index (χ4n) is 4.40. The molecule has 4 aromatic rings. The first-order valence-electron chi connectivity index (χ1n) is 10.4. The highest BCUT2D eigenvalue weighted by molar-refractivity contribution is 5.89. The van der Waals surface area contributed by atoms with Crippen molar-refractivity contribution in [2.45, 2.75) is 24.8 Å². The van der Waals surface area contributed by atoms with Crippen LogP contribution in [-0.2, 0) is 5.54 Å². The van der Waals surface area contributed by atoms with Gasteiger partial charge in [0.05, 0.1) is 16.5 Å². The van der Waals surface area contributed by atoms with Crippen LogP contribution in [0.15, 0.2) is 82.0 Å². The third-order valence-corrected chi connectivity index (χ3v) is 6.17. The van der Waals surface area contributed by atoms with Gasteiger partial charge in [0.2, 0.25) is 5.43 Å². The minimum Gasteiger partial charge on any atom is -0.465 e. The second-order valence-electron chi connectivity index (χ2n) is 8.08. The Bertz CT molecular complexity index is 1370. The van der Waals surface area contributed by atoms with Crippen molar-refractivity contribution in [2.24, 2.45) is 0 Å². The number of rotatable bonds is 4. The molecule has 3 aromatic carbocycles. The van der Waals surface area contributed by atoms with Gasteiger partial charge < -0.3 is 14.8 Å². The van der Waals surface area contributed by atoms with E-state index >= 15 is 0 Å². The maximum atomic E-state index is 13.8. The first-order chi connectivity index (χ1) is 15.5. The third-order valence-electron chi connectivity index (χ3n) is 6.17. The van der Waals surface area contributed by atoms with Crippen LogP contribution in [0.4, 0.5) is 9.18 Å². The SMILES string of the molecule is O=C(O)NC1(c2ccc(-c3c(-c4ccccc4)oc4cc(F)ccc4c3=O)cc2)CCC1. The molecule has 1 amide bonds. The summed E-state index contributed by atoms with van der Waals surface area (Å²) in [5.41, 5.74) is 1.96. The lowest BCUT2D eigenvalue weighted by Crippen LogP contribution is -2.50. The largest absolute Gasteiger partial charge is 0.465 e. The van der Waals surface area contributed by atoms with Crippen LogP contribution in [0, 0.1) is 5.82 Å². The van der Waals surface area contributed by atoms with Crippen LogP contribution >= 0.6 is 0 Å². The van der Waals surface area contributed by atoms with E-state index in [9.17, 15) is 19.1 Å². The Morgan fingerprint density at radius 3 is 2.31 bits per heavy atom. The van der Waals surface area contributed by atoms with Crippen LogP contribution in [0.25, 0.3) is 33.4 Å². The highest BCUT2D eigenvalue weighted by atomic mass is 19.1. The van der Waals surface area contributed by atoms with Gasteiger partial charge in [-0.1, -0.05) is 54.6 Å². The van der Waals surface area contributed by atoms with Gasteiger partial charge in [0, 0.05) is 11.6 Å². The molecular weight excluding hydrogens is 409 g/mol. The molecule has 0 bridgehead atoms. The number of amides is 1. The zero-order valence-electron chi connectivity index (χ0n) is 17.1. The minimum atomic E-state index is -1.05. The number of halogens is 1. The Morgan fingerprint density at radius 2 is 1.69 bits per heavy atom. The fraction of sp³-hybridized carbons (Fsp3) is 0.154. The van der Waals surface area contributed by atoms with Crippen molar-refractivity contribution in [1.82, 2.24) is 5.32 Å².